The standard InChI is InChI=1S/C22H27N3O3/c1-14-4-9-18(12-15(14)2)24-22(27)25-20(26)13-23-21(16-5-6-16)17-7-10-19(28-3)11-8-17/h4,7-12,16,21,23H,5-6,13H2,1-3H3,(H2,24,25,26,27). The van der Waals surface area contributed by atoms with Crippen LogP contribution in [0.1, 0.15) is 35.6 Å². The second kappa shape index (κ2) is 8.89. The highest BCUT2D eigenvalue weighted by Gasteiger charge is 2.32. The van der Waals surface area contributed by atoms with Gasteiger partial charge in [-0.3, -0.25) is 10.1 Å². The summed E-state index contributed by atoms with van der Waals surface area (Å²) in [7, 11) is 1.64. The summed E-state index contributed by atoms with van der Waals surface area (Å²) in [6.07, 6.45) is 2.27. The van der Waals surface area contributed by atoms with Crippen molar-refractivity contribution in [1.29, 1.82) is 0 Å². The molecule has 148 valence electrons. The van der Waals surface area contributed by atoms with Crippen molar-refractivity contribution in [3.63, 3.8) is 0 Å². The van der Waals surface area contributed by atoms with Crippen molar-refractivity contribution in [2.24, 2.45) is 5.92 Å². The molecule has 1 saturated carbocycles. The van der Waals surface area contributed by atoms with Crippen LogP contribution in [0.5, 0.6) is 5.75 Å². The van der Waals surface area contributed by atoms with Gasteiger partial charge < -0.3 is 15.4 Å². The largest absolute Gasteiger partial charge is 0.497 e. The Kier molecular flexibility index (Phi) is 6.31. The van der Waals surface area contributed by atoms with E-state index in [2.05, 4.69) is 16.0 Å². The number of benzene rings is 2. The number of anilines is 1. The third-order valence-electron chi connectivity index (χ3n) is 5.07. The first-order valence-electron chi connectivity index (χ1n) is 9.51. The number of aryl methyl sites for hydroxylation is 2. The van der Waals surface area contributed by atoms with Crippen molar-refractivity contribution in [3.05, 3.63) is 59.2 Å². The number of imide groups is 1. The number of rotatable bonds is 7. The van der Waals surface area contributed by atoms with E-state index in [1.165, 1.54) is 0 Å². The third-order valence-corrected chi connectivity index (χ3v) is 5.07. The summed E-state index contributed by atoms with van der Waals surface area (Å²) in [6, 6.07) is 13.1. The van der Waals surface area contributed by atoms with E-state index in [9.17, 15) is 9.59 Å². The zero-order valence-electron chi connectivity index (χ0n) is 16.5. The number of nitrogens with one attached hydrogen (secondary N) is 3. The lowest BCUT2D eigenvalue weighted by molar-refractivity contribution is -0.119. The summed E-state index contributed by atoms with van der Waals surface area (Å²) in [4.78, 5) is 24.3. The number of hydrogen-bond donors (Lipinski definition) is 3. The molecule has 0 heterocycles. The third kappa shape index (κ3) is 5.33. The van der Waals surface area contributed by atoms with Crippen LogP contribution >= 0.6 is 0 Å². The molecule has 2 aromatic rings. The van der Waals surface area contributed by atoms with Crippen molar-refractivity contribution in [2.45, 2.75) is 32.7 Å². The van der Waals surface area contributed by atoms with Gasteiger partial charge in [-0.25, -0.2) is 4.79 Å². The summed E-state index contributed by atoms with van der Waals surface area (Å²) in [5.74, 6) is 0.963. The van der Waals surface area contributed by atoms with Crippen LogP contribution in [0, 0.1) is 19.8 Å². The molecule has 3 amide bonds. The Morgan fingerprint density at radius 3 is 2.39 bits per heavy atom. The van der Waals surface area contributed by atoms with Gasteiger partial charge in [-0.15, -0.1) is 0 Å². The van der Waals surface area contributed by atoms with Gasteiger partial charge in [0.15, 0.2) is 0 Å². The highest BCUT2D eigenvalue weighted by atomic mass is 16.5. The Morgan fingerprint density at radius 1 is 1.07 bits per heavy atom. The van der Waals surface area contributed by atoms with Crippen LogP contribution < -0.4 is 20.7 Å². The molecule has 1 aliphatic rings. The number of methoxy groups -OCH3 is 1. The van der Waals surface area contributed by atoms with E-state index < -0.39 is 6.03 Å². The predicted octanol–water partition coefficient (Wildman–Crippen LogP) is 3.70. The van der Waals surface area contributed by atoms with E-state index >= 15 is 0 Å². The summed E-state index contributed by atoms with van der Waals surface area (Å²) in [6.45, 7) is 4.06. The average Bonchev–Trinajstić information content (AvgIpc) is 3.50. The molecule has 3 N–H and O–H groups in total. The molecule has 0 aliphatic heterocycles. The van der Waals surface area contributed by atoms with Crippen LogP contribution in [0.15, 0.2) is 42.5 Å². The summed E-state index contributed by atoms with van der Waals surface area (Å²) < 4.78 is 5.20. The molecule has 6 nitrogen and oxygen atoms in total. The van der Waals surface area contributed by atoms with Gasteiger partial charge in [0.05, 0.1) is 13.7 Å². The van der Waals surface area contributed by atoms with Gasteiger partial charge in [0.2, 0.25) is 5.91 Å². The maximum atomic E-state index is 12.2. The first-order valence-corrected chi connectivity index (χ1v) is 9.51. The Morgan fingerprint density at radius 2 is 1.79 bits per heavy atom. The van der Waals surface area contributed by atoms with Gasteiger partial charge in [-0.1, -0.05) is 18.2 Å². The minimum atomic E-state index is -0.525. The van der Waals surface area contributed by atoms with E-state index in [0.717, 1.165) is 35.3 Å². The lowest BCUT2D eigenvalue weighted by Crippen LogP contribution is -2.41. The molecule has 1 aliphatic carbocycles. The van der Waals surface area contributed by atoms with Crippen molar-refractivity contribution < 1.29 is 14.3 Å². The molecule has 6 heteroatoms. The van der Waals surface area contributed by atoms with Crippen LogP contribution in [-0.2, 0) is 4.79 Å². The smallest absolute Gasteiger partial charge is 0.325 e. The van der Waals surface area contributed by atoms with Crippen molar-refractivity contribution in [2.75, 3.05) is 19.0 Å². The van der Waals surface area contributed by atoms with Crippen LogP contribution in [-0.4, -0.2) is 25.6 Å². The first kappa shape index (κ1) is 19.9. The van der Waals surface area contributed by atoms with Crippen LogP contribution in [0.25, 0.3) is 0 Å². The highest BCUT2D eigenvalue weighted by Crippen LogP contribution is 2.41. The van der Waals surface area contributed by atoms with E-state index in [4.69, 9.17) is 4.74 Å². The number of hydrogen-bond acceptors (Lipinski definition) is 4. The van der Waals surface area contributed by atoms with E-state index in [-0.39, 0.29) is 18.5 Å². The summed E-state index contributed by atoms with van der Waals surface area (Å²) in [5.41, 5.74) is 4.01. The molecule has 0 aromatic heterocycles. The predicted molar refractivity (Wildman–Crippen MR) is 110 cm³/mol. The molecule has 1 atom stereocenters. The fourth-order valence-electron chi connectivity index (χ4n) is 3.15. The molecule has 0 bridgehead atoms. The minimum Gasteiger partial charge on any atom is -0.497 e. The number of urea groups is 1. The molecule has 1 fully saturated rings. The fraction of sp³-hybridized carbons (Fsp3) is 0.364. The number of amides is 3. The van der Waals surface area contributed by atoms with Gasteiger partial charge in [-0.2, -0.15) is 0 Å². The second-order valence-electron chi connectivity index (χ2n) is 7.27. The van der Waals surface area contributed by atoms with Crippen molar-refractivity contribution in [1.82, 2.24) is 10.6 Å². The molecule has 28 heavy (non-hydrogen) atoms. The van der Waals surface area contributed by atoms with E-state index in [1.807, 2.05) is 56.3 Å². The minimum absolute atomic E-state index is 0.0769. The molecule has 0 saturated heterocycles. The Balaban J connectivity index is 1.51. The van der Waals surface area contributed by atoms with Crippen molar-refractivity contribution in [3.8, 4) is 5.75 Å². The number of ether oxygens (including phenoxy) is 1. The molecular formula is C22H27N3O3. The Labute approximate surface area is 165 Å². The maximum Gasteiger partial charge on any atom is 0.325 e. The molecule has 0 radical (unpaired) electrons. The topological polar surface area (TPSA) is 79.5 Å². The van der Waals surface area contributed by atoms with Gasteiger partial charge >= 0.3 is 6.03 Å². The average molecular weight is 381 g/mol. The monoisotopic (exact) mass is 381 g/mol. The molecule has 2 aromatic carbocycles. The summed E-state index contributed by atoms with van der Waals surface area (Å²) >= 11 is 0. The molecular weight excluding hydrogens is 354 g/mol. The Hall–Kier alpha value is -2.86. The SMILES string of the molecule is COc1ccc(C(NCC(=O)NC(=O)Nc2ccc(C)c(C)c2)C2CC2)cc1. The lowest BCUT2D eigenvalue weighted by atomic mass is 10.0. The fourth-order valence-corrected chi connectivity index (χ4v) is 3.15. The quantitative estimate of drug-likeness (QED) is 0.683. The summed E-state index contributed by atoms with van der Waals surface area (Å²) in [5, 5.41) is 8.36. The van der Waals surface area contributed by atoms with Crippen LogP contribution in [0.3, 0.4) is 0 Å². The molecule has 0 spiro atoms. The molecule has 1 unspecified atom stereocenters. The van der Waals surface area contributed by atoms with Crippen LogP contribution in [0.2, 0.25) is 0 Å². The van der Waals surface area contributed by atoms with Crippen molar-refractivity contribution >= 4 is 17.6 Å². The zero-order valence-corrected chi connectivity index (χ0v) is 16.5. The second-order valence-corrected chi connectivity index (χ2v) is 7.27. The molecule has 3 rings (SSSR count). The first-order chi connectivity index (χ1) is 13.5. The van der Waals surface area contributed by atoms with E-state index in [0.29, 0.717) is 11.6 Å². The number of carbonyl (C=O) groups excluding carboxylic acids is 2. The number of carbonyl (C=O) groups is 2. The maximum absolute atomic E-state index is 12.2. The zero-order chi connectivity index (χ0) is 20.1. The van der Waals surface area contributed by atoms with Crippen LogP contribution in [0.4, 0.5) is 10.5 Å². The lowest BCUT2D eigenvalue weighted by Gasteiger charge is -2.19. The normalized spacial score (nSPS) is 14.2. The van der Waals surface area contributed by atoms with Gasteiger partial charge in [-0.05, 0) is 73.6 Å². The Bertz CT molecular complexity index is 845. The van der Waals surface area contributed by atoms with Gasteiger partial charge in [0, 0.05) is 11.7 Å². The van der Waals surface area contributed by atoms with E-state index in [1.54, 1.807) is 7.11 Å². The highest BCUT2D eigenvalue weighted by molar-refractivity contribution is 6.01. The van der Waals surface area contributed by atoms with Gasteiger partial charge in [0.1, 0.15) is 5.75 Å². The van der Waals surface area contributed by atoms with Gasteiger partial charge in [0.25, 0.3) is 0 Å².